The van der Waals surface area contributed by atoms with Gasteiger partial charge in [0.15, 0.2) is 0 Å². The molecule has 1 aliphatic rings. The molecular formula is C21H14N2. The summed E-state index contributed by atoms with van der Waals surface area (Å²) >= 11 is 0. The summed E-state index contributed by atoms with van der Waals surface area (Å²) in [7, 11) is 0. The Bertz CT molecular complexity index is 1040. The summed E-state index contributed by atoms with van der Waals surface area (Å²) in [5.74, 6) is 0. The minimum atomic E-state index is 1.06. The van der Waals surface area contributed by atoms with E-state index in [-0.39, 0.29) is 0 Å². The molecule has 0 saturated carbocycles. The summed E-state index contributed by atoms with van der Waals surface area (Å²) < 4.78 is 0. The van der Waals surface area contributed by atoms with Gasteiger partial charge in [-0.2, -0.15) is 0 Å². The number of rotatable bonds is 1. The van der Waals surface area contributed by atoms with Gasteiger partial charge in [0.1, 0.15) is 0 Å². The molecule has 2 heteroatoms. The molecule has 23 heavy (non-hydrogen) atoms. The van der Waals surface area contributed by atoms with Crippen molar-refractivity contribution in [2.45, 2.75) is 0 Å². The van der Waals surface area contributed by atoms with Gasteiger partial charge in [0.25, 0.3) is 0 Å². The third-order valence-corrected chi connectivity index (χ3v) is 4.45. The van der Waals surface area contributed by atoms with Crippen LogP contribution < -0.4 is 5.32 Å². The van der Waals surface area contributed by atoms with Crippen molar-refractivity contribution in [2.75, 3.05) is 5.32 Å². The summed E-state index contributed by atoms with van der Waals surface area (Å²) in [4.78, 5) is 4.82. The van der Waals surface area contributed by atoms with Crippen molar-refractivity contribution in [1.82, 2.24) is 4.98 Å². The molecule has 1 aromatic heterocycles. The monoisotopic (exact) mass is 294 g/mol. The van der Waals surface area contributed by atoms with Crippen LogP contribution in [0.3, 0.4) is 0 Å². The molecule has 0 saturated heterocycles. The highest BCUT2D eigenvalue weighted by atomic mass is 14.9. The number of pyridine rings is 1. The quantitative estimate of drug-likeness (QED) is 0.433. The van der Waals surface area contributed by atoms with Crippen molar-refractivity contribution < 1.29 is 0 Å². The standard InChI is InChI=1S/C21H14N2/c1-2-7-14(8-3-1)17-13-22-21-16-9-4-5-11-18(16)23-19-12-6-10-15(17)20(19)21/h1-13,23H. The lowest BCUT2D eigenvalue weighted by molar-refractivity contribution is 1.34. The van der Waals surface area contributed by atoms with Crippen molar-refractivity contribution >= 4 is 22.1 Å². The molecule has 3 aromatic carbocycles. The molecule has 0 radical (unpaired) electrons. The Morgan fingerprint density at radius 1 is 0.652 bits per heavy atom. The Kier molecular flexibility index (Phi) is 2.53. The van der Waals surface area contributed by atoms with Crippen LogP contribution in [0.15, 0.2) is 79.0 Å². The van der Waals surface area contributed by atoms with Gasteiger partial charge in [-0.3, -0.25) is 4.98 Å². The first-order chi connectivity index (χ1) is 11.4. The summed E-state index contributed by atoms with van der Waals surface area (Å²) in [6.45, 7) is 0. The second-order valence-corrected chi connectivity index (χ2v) is 5.79. The Morgan fingerprint density at radius 2 is 1.43 bits per heavy atom. The molecule has 0 unspecified atom stereocenters. The van der Waals surface area contributed by atoms with E-state index in [4.69, 9.17) is 4.98 Å². The van der Waals surface area contributed by atoms with Gasteiger partial charge in [0.05, 0.1) is 5.69 Å². The predicted octanol–water partition coefficient (Wildman–Crippen LogP) is 5.63. The van der Waals surface area contributed by atoms with Gasteiger partial charge in [0, 0.05) is 34.1 Å². The van der Waals surface area contributed by atoms with Gasteiger partial charge in [-0.15, -0.1) is 0 Å². The number of para-hydroxylation sites is 1. The second kappa shape index (κ2) is 4.68. The fourth-order valence-corrected chi connectivity index (χ4v) is 3.39. The Morgan fingerprint density at radius 3 is 2.35 bits per heavy atom. The van der Waals surface area contributed by atoms with Crippen molar-refractivity contribution in [1.29, 1.82) is 0 Å². The van der Waals surface area contributed by atoms with E-state index in [1.807, 2.05) is 12.3 Å². The fourth-order valence-electron chi connectivity index (χ4n) is 3.39. The summed E-state index contributed by atoms with van der Waals surface area (Å²) in [6, 6.07) is 25.2. The van der Waals surface area contributed by atoms with Crippen LogP contribution in [0.4, 0.5) is 11.4 Å². The van der Waals surface area contributed by atoms with E-state index in [9.17, 15) is 0 Å². The Hall–Kier alpha value is -3.13. The maximum Gasteiger partial charge on any atom is 0.0822 e. The minimum absolute atomic E-state index is 1.06. The fraction of sp³-hybridized carbons (Fsp3) is 0. The van der Waals surface area contributed by atoms with Crippen LogP contribution in [0.2, 0.25) is 0 Å². The average Bonchev–Trinajstić information content (AvgIpc) is 2.63. The number of hydrogen-bond acceptors (Lipinski definition) is 2. The van der Waals surface area contributed by atoms with Crippen LogP contribution in [0.25, 0.3) is 33.2 Å². The van der Waals surface area contributed by atoms with E-state index in [2.05, 4.69) is 72.0 Å². The number of nitrogens with one attached hydrogen (secondary N) is 1. The van der Waals surface area contributed by atoms with Crippen LogP contribution in [-0.4, -0.2) is 4.98 Å². The van der Waals surface area contributed by atoms with Gasteiger partial charge in [-0.25, -0.2) is 0 Å². The third-order valence-electron chi connectivity index (χ3n) is 4.45. The summed E-state index contributed by atoms with van der Waals surface area (Å²) in [5.41, 5.74) is 6.84. The highest BCUT2D eigenvalue weighted by Crippen LogP contribution is 2.44. The number of fused-ring (bicyclic) bond motifs is 2. The zero-order valence-electron chi connectivity index (χ0n) is 12.5. The molecule has 0 bridgehead atoms. The summed E-state index contributed by atoms with van der Waals surface area (Å²) in [6.07, 6.45) is 2.00. The smallest absolute Gasteiger partial charge is 0.0822 e. The predicted molar refractivity (Wildman–Crippen MR) is 95.9 cm³/mol. The zero-order valence-corrected chi connectivity index (χ0v) is 12.5. The Balaban J connectivity index is 1.89. The average molecular weight is 294 g/mol. The van der Waals surface area contributed by atoms with E-state index in [1.165, 1.54) is 21.9 Å². The second-order valence-electron chi connectivity index (χ2n) is 5.79. The minimum Gasteiger partial charge on any atom is -0.354 e. The Labute approximate surface area is 134 Å². The van der Waals surface area contributed by atoms with E-state index < -0.39 is 0 Å². The molecule has 0 spiro atoms. The molecule has 1 aliphatic heterocycles. The SMILES string of the molecule is c1ccc(-c2cnc3c4c(cccc24)Nc2ccccc2-3)cc1. The van der Waals surface area contributed by atoms with Crippen LogP contribution in [0.1, 0.15) is 0 Å². The van der Waals surface area contributed by atoms with Crippen molar-refractivity contribution in [3.8, 4) is 22.4 Å². The van der Waals surface area contributed by atoms with Gasteiger partial charge < -0.3 is 5.32 Å². The molecule has 2 nitrogen and oxygen atoms in total. The number of nitrogens with zero attached hydrogens (tertiary/aromatic N) is 1. The largest absolute Gasteiger partial charge is 0.354 e. The van der Waals surface area contributed by atoms with Crippen molar-refractivity contribution in [2.24, 2.45) is 0 Å². The lowest BCUT2D eigenvalue weighted by Crippen LogP contribution is -2.03. The maximum atomic E-state index is 4.82. The first-order valence-electron chi connectivity index (χ1n) is 7.75. The highest BCUT2D eigenvalue weighted by molar-refractivity contribution is 6.13. The number of benzene rings is 3. The van der Waals surface area contributed by atoms with Crippen LogP contribution in [0, 0.1) is 0 Å². The van der Waals surface area contributed by atoms with Crippen LogP contribution in [0.5, 0.6) is 0 Å². The molecule has 0 aliphatic carbocycles. The topological polar surface area (TPSA) is 24.9 Å². The molecular weight excluding hydrogens is 280 g/mol. The third kappa shape index (κ3) is 1.78. The number of anilines is 2. The van der Waals surface area contributed by atoms with Crippen molar-refractivity contribution in [3.05, 3.63) is 79.0 Å². The molecule has 1 N–H and O–H groups in total. The molecule has 0 atom stereocenters. The molecule has 4 aromatic rings. The molecule has 5 rings (SSSR count). The zero-order chi connectivity index (χ0) is 15.2. The van der Waals surface area contributed by atoms with Gasteiger partial charge in [-0.05, 0) is 23.1 Å². The van der Waals surface area contributed by atoms with Crippen LogP contribution in [-0.2, 0) is 0 Å². The van der Waals surface area contributed by atoms with Gasteiger partial charge in [-0.1, -0.05) is 60.7 Å². The highest BCUT2D eigenvalue weighted by Gasteiger charge is 2.20. The summed E-state index contributed by atoms with van der Waals surface area (Å²) in [5, 5.41) is 5.98. The maximum absolute atomic E-state index is 4.82. The van der Waals surface area contributed by atoms with Gasteiger partial charge >= 0.3 is 0 Å². The molecule has 2 heterocycles. The molecule has 0 fully saturated rings. The molecule has 0 amide bonds. The first-order valence-corrected chi connectivity index (χ1v) is 7.75. The van der Waals surface area contributed by atoms with E-state index in [0.29, 0.717) is 0 Å². The van der Waals surface area contributed by atoms with Crippen LogP contribution >= 0.6 is 0 Å². The normalized spacial score (nSPS) is 11.8. The van der Waals surface area contributed by atoms with E-state index >= 15 is 0 Å². The number of hydrogen-bond donors (Lipinski definition) is 1. The van der Waals surface area contributed by atoms with Crippen molar-refractivity contribution in [3.63, 3.8) is 0 Å². The lowest BCUT2D eigenvalue weighted by Gasteiger charge is -2.22. The van der Waals surface area contributed by atoms with Gasteiger partial charge in [0.2, 0.25) is 0 Å². The molecule has 108 valence electrons. The van der Waals surface area contributed by atoms with E-state index in [0.717, 1.165) is 22.6 Å². The first kappa shape index (κ1) is 12.4. The lowest BCUT2D eigenvalue weighted by atomic mass is 9.93. The number of aromatic nitrogens is 1. The van der Waals surface area contributed by atoms with E-state index in [1.54, 1.807) is 0 Å².